The van der Waals surface area contributed by atoms with Gasteiger partial charge < -0.3 is 4.90 Å². The maximum atomic E-state index is 12.6. The molecule has 0 unspecified atom stereocenters. The Morgan fingerprint density at radius 2 is 1.67 bits per heavy atom. The molecule has 0 atom stereocenters. The van der Waals surface area contributed by atoms with E-state index in [-0.39, 0.29) is 19.0 Å². The van der Waals surface area contributed by atoms with Gasteiger partial charge in [0.15, 0.2) is 5.82 Å². The third kappa shape index (κ3) is 2.91. The molecule has 1 aliphatic rings. The average molecular weight is 363 g/mol. The van der Waals surface area contributed by atoms with Crippen LogP contribution in [0.3, 0.4) is 0 Å². The summed E-state index contributed by atoms with van der Waals surface area (Å²) in [6.45, 7) is -0.0450. The predicted octanol–water partition coefficient (Wildman–Crippen LogP) is 1.70. The van der Waals surface area contributed by atoms with Crippen LogP contribution in [0.5, 0.6) is 0 Å². The van der Waals surface area contributed by atoms with E-state index in [1.165, 1.54) is 9.80 Å². The molecule has 8 nitrogen and oxygen atoms in total. The summed E-state index contributed by atoms with van der Waals surface area (Å²) in [4.78, 5) is 40.6. The summed E-state index contributed by atoms with van der Waals surface area (Å²) < 4.78 is 2.06. The maximum absolute atomic E-state index is 12.6. The van der Waals surface area contributed by atoms with Crippen LogP contribution in [0.2, 0.25) is 0 Å². The molecule has 2 heterocycles. The molecule has 0 N–H and O–H groups in total. The normalized spacial score (nSPS) is 12.9. The third-order valence-electron chi connectivity index (χ3n) is 4.50. The van der Waals surface area contributed by atoms with Gasteiger partial charge in [-0.05, 0) is 24.3 Å². The molecule has 8 heteroatoms. The number of para-hydroxylation sites is 2. The first-order valence-electron chi connectivity index (χ1n) is 8.43. The number of benzene rings is 2. The van der Waals surface area contributed by atoms with E-state index in [4.69, 9.17) is 0 Å². The van der Waals surface area contributed by atoms with Gasteiger partial charge in [0.25, 0.3) is 0 Å². The zero-order chi connectivity index (χ0) is 19.0. The molecule has 0 saturated heterocycles. The third-order valence-corrected chi connectivity index (χ3v) is 4.50. The number of carbonyl (C=O) groups excluding carboxylic acids is 2. The van der Waals surface area contributed by atoms with Crippen molar-refractivity contribution >= 4 is 23.3 Å². The zero-order valence-electron chi connectivity index (χ0n) is 14.6. The second kappa shape index (κ2) is 6.56. The molecule has 4 rings (SSSR count). The highest BCUT2D eigenvalue weighted by Crippen LogP contribution is 2.21. The lowest BCUT2D eigenvalue weighted by Gasteiger charge is -2.17. The molecule has 3 aromatic rings. The van der Waals surface area contributed by atoms with Crippen molar-refractivity contribution in [3.05, 3.63) is 77.0 Å². The van der Waals surface area contributed by atoms with Crippen molar-refractivity contribution in [2.75, 3.05) is 16.8 Å². The summed E-state index contributed by atoms with van der Waals surface area (Å²) in [7, 11) is 1.63. The average Bonchev–Trinajstić information content (AvgIpc) is 3.19. The van der Waals surface area contributed by atoms with Crippen LogP contribution < -0.4 is 15.5 Å². The summed E-state index contributed by atoms with van der Waals surface area (Å²) in [5.74, 6) is 0.0245. The minimum atomic E-state index is -0.608. The molecule has 27 heavy (non-hydrogen) atoms. The van der Waals surface area contributed by atoms with E-state index in [9.17, 15) is 14.4 Å². The number of aromatic nitrogens is 3. The standard InChI is InChI=1S/C19H17N5O3/c1-21(14-8-4-2-5-9-14)17(25)13-23-19(27)24-16(20-23)12-22(18(24)26)15-10-6-3-7-11-15/h2-11H,12-13H2,1H3. The van der Waals surface area contributed by atoms with Crippen LogP contribution in [0, 0.1) is 0 Å². The molecule has 0 spiro atoms. The highest BCUT2D eigenvalue weighted by Gasteiger charge is 2.33. The van der Waals surface area contributed by atoms with Crippen LogP contribution >= 0.6 is 0 Å². The van der Waals surface area contributed by atoms with Crippen LogP contribution in [0.4, 0.5) is 16.2 Å². The maximum Gasteiger partial charge on any atom is 0.354 e. The Hall–Kier alpha value is -3.68. The second-order valence-corrected chi connectivity index (χ2v) is 6.18. The molecule has 0 bridgehead atoms. The Bertz CT molecular complexity index is 1060. The Labute approximate surface area is 154 Å². The van der Waals surface area contributed by atoms with Crippen molar-refractivity contribution in [1.82, 2.24) is 14.3 Å². The fourth-order valence-corrected chi connectivity index (χ4v) is 3.02. The van der Waals surface area contributed by atoms with Crippen molar-refractivity contribution in [1.29, 1.82) is 0 Å². The quantitative estimate of drug-likeness (QED) is 0.707. The topological polar surface area (TPSA) is 80.4 Å². The van der Waals surface area contributed by atoms with Gasteiger partial charge in [-0.1, -0.05) is 36.4 Å². The van der Waals surface area contributed by atoms with Gasteiger partial charge in [0.2, 0.25) is 5.91 Å². The van der Waals surface area contributed by atoms with Crippen LogP contribution in [0.25, 0.3) is 0 Å². The first-order valence-corrected chi connectivity index (χ1v) is 8.43. The molecule has 136 valence electrons. The van der Waals surface area contributed by atoms with Crippen molar-refractivity contribution in [2.45, 2.75) is 13.1 Å². The minimum Gasteiger partial charge on any atom is -0.314 e. The largest absolute Gasteiger partial charge is 0.354 e. The highest BCUT2D eigenvalue weighted by atomic mass is 16.2. The Morgan fingerprint density at radius 1 is 1.04 bits per heavy atom. The van der Waals surface area contributed by atoms with E-state index in [1.807, 2.05) is 36.4 Å². The monoisotopic (exact) mass is 363 g/mol. The van der Waals surface area contributed by atoms with E-state index < -0.39 is 11.7 Å². The molecule has 2 amide bonds. The summed E-state index contributed by atoms with van der Waals surface area (Å²) >= 11 is 0. The number of rotatable bonds is 4. The van der Waals surface area contributed by atoms with Gasteiger partial charge in [0.1, 0.15) is 6.54 Å². The number of likely N-dealkylation sites (N-methyl/N-ethyl adjacent to an activating group) is 1. The van der Waals surface area contributed by atoms with E-state index in [0.717, 1.165) is 9.25 Å². The fourth-order valence-electron chi connectivity index (χ4n) is 3.02. The van der Waals surface area contributed by atoms with Gasteiger partial charge in [-0.3, -0.25) is 9.69 Å². The number of amides is 2. The summed E-state index contributed by atoms with van der Waals surface area (Å²) in [5.41, 5.74) is 0.802. The molecule has 1 aliphatic heterocycles. The van der Waals surface area contributed by atoms with Crippen molar-refractivity contribution in [3.63, 3.8) is 0 Å². The lowest BCUT2D eigenvalue weighted by atomic mass is 10.3. The summed E-state index contributed by atoms with van der Waals surface area (Å²) in [5, 5.41) is 4.19. The van der Waals surface area contributed by atoms with E-state index in [2.05, 4.69) is 5.10 Å². The van der Waals surface area contributed by atoms with Crippen LogP contribution in [0.15, 0.2) is 65.5 Å². The number of nitrogens with zero attached hydrogens (tertiary/aromatic N) is 5. The van der Waals surface area contributed by atoms with E-state index in [0.29, 0.717) is 17.2 Å². The zero-order valence-corrected chi connectivity index (χ0v) is 14.6. The highest BCUT2D eigenvalue weighted by molar-refractivity contribution is 5.96. The molecule has 0 radical (unpaired) electrons. The SMILES string of the molecule is CN(C(=O)Cn1nc2n(c1=O)C(=O)N(c1ccccc1)C2)c1ccccc1. The van der Waals surface area contributed by atoms with E-state index in [1.54, 1.807) is 31.3 Å². The Kier molecular flexibility index (Phi) is 4.08. The van der Waals surface area contributed by atoms with Gasteiger partial charge in [-0.25, -0.2) is 14.3 Å². The van der Waals surface area contributed by atoms with Gasteiger partial charge in [0.05, 0.1) is 6.54 Å². The van der Waals surface area contributed by atoms with Crippen molar-refractivity contribution in [3.8, 4) is 0 Å². The van der Waals surface area contributed by atoms with Crippen molar-refractivity contribution < 1.29 is 9.59 Å². The number of hydrogen-bond acceptors (Lipinski definition) is 4. The first-order chi connectivity index (χ1) is 13.1. The van der Waals surface area contributed by atoms with Crippen LogP contribution in [-0.2, 0) is 17.9 Å². The lowest BCUT2D eigenvalue weighted by Crippen LogP contribution is -2.38. The Morgan fingerprint density at radius 3 is 2.30 bits per heavy atom. The summed E-state index contributed by atoms with van der Waals surface area (Å²) in [6.07, 6.45) is 0. The second-order valence-electron chi connectivity index (χ2n) is 6.18. The van der Waals surface area contributed by atoms with Crippen LogP contribution in [-0.4, -0.2) is 33.3 Å². The Balaban J connectivity index is 1.55. The molecule has 2 aromatic carbocycles. The molecule has 0 saturated carbocycles. The number of anilines is 2. The van der Waals surface area contributed by atoms with Gasteiger partial charge in [0, 0.05) is 18.4 Å². The number of carbonyl (C=O) groups is 2. The number of fused-ring (bicyclic) bond motifs is 1. The minimum absolute atomic E-state index is 0.188. The molecular weight excluding hydrogens is 346 g/mol. The molecule has 1 aromatic heterocycles. The smallest absolute Gasteiger partial charge is 0.314 e. The van der Waals surface area contributed by atoms with Gasteiger partial charge >= 0.3 is 11.7 Å². The molecule has 0 aliphatic carbocycles. The predicted molar refractivity (Wildman–Crippen MR) is 99.8 cm³/mol. The molecule has 0 fully saturated rings. The fraction of sp³-hybridized carbons (Fsp3) is 0.158. The van der Waals surface area contributed by atoms with Gasteiger partial charge in [-0.2, -0.15) is 9.67 Å². The van der Waals surface area contributed by atoms with Gasteiger partial charge in [-0.15, -0.1) is 0 Å². The number of hydrogen-bond donors (Lipinski definition) is 0. The van der Waals surface area contributed by atoms with E-state index >= 15 is 0 Å². The summed E-state index contributed by atoms with van der Waals surface area (Å²) in [6, 6.07) is 17.7. The lowest BCUT2D eigenvalue weighted by molar-refractivity contribution is -0.119. The van der Waals surface area contributed by atoms with Crippen LogP contribution in [0.1, 0.15) is 5.82 Å². The first kappa shape index (κ1) is 16.8. The van der Waals surface area contributed by atoms with Crippen molar-refractivity contribution in [2.24, 2.45) is 0 Å². The molecular formula is C19H17N5O3.